The summed E-state index contributed by atoms with van der Waals surface area (Å²) in [6.45, 7) is 4.88. The second kappa shape index (κ2) is 10.6. The van der Waals surface area contributed by atoms with Gasteiger partial charge in [-0.25, -0.2) is 15.0 Å². The third kappa shape index (κ3) is 6.41. The van der Waals surface area contributed by atoms with E-state index >= 15 is 0 Å². The number of alkyl halides is 3. The van der Waals surface area contributed by atoms with Crippen LogP contribution >= 0.6 is 0 Å². The highest BCUT2D eigenvalue weighted by atomic mass is 19.4. The van der Waals surface area contributed by atoms with Gasteiger partial charge in [-0.3, -0.25) is 14.9 Å². The standard InChI is InChI=1S/C27H21F3N6O2/c1-16-4-6-21(8-20(16)7-5-19-12-31-26(32-13-19)34-18(3)37)25(38)35-23-9-22(27(28,29)30)10-24(11-23)36-14-17(2)33-15-36/h4,6,8-15H,1-3H3,(H,35,38)(H,31,32,34,37). The summed E-state index contributed by atoms with van der Waals surface area (Å²) in [4.78, 5) is 36.1. The lowest BCUT2D eigenvalue weighted by atomic mass is 10.0. The molecule has 2 heterocycles. The molecule has 0 bridgehead atoms. The van der Waals surface area contributed by atoms with Gasteiger partial charge in [-0.1, -0.05) is 17.9 Å². The van der Waals surface area contributed by atoms with Crippen molar-refractivity contribution in [3.05, 3.63) is 94.8 Å². The molecule has 0 fully saturated rings. The summed E-state index contributed by atoms with van der Waals surface area (Å²) in [5.41, 5.74) is 1.96. The Bertz CT molecular complexity index is 1580. The minimum Gasteiger partial charge on any atom is -0.322 e. The number of hydrogen-bond acceptors (Lipinski definition) is 5. The SMILES string of the molecule is CC(=O)Nc1ncc(C#Cc2cc(C(=O)Nc3cc(-n4cnc(C)c4)cc(C(F)(F)F)c3)ccc2C)cn1. The fourth-order valence-corrected chi connectivity index (χ4v) is 3.41. The van der Waals surface area contributed by atoms with Gasteiger partial charge in [0, 0.05) is 48.0 Å². The van der Waals surface area contributed by atoms with E-state index in [1.54, 1.807) is 31.3 Å². The first-order chi connectivity index (χ1) is 18.0. The molecule has 0 radical (unpaired) electrons. The van der Waals surface area contributed by atoms with E-state index < -0.39 is 17.6 Å². The van der Waals surface area contributed by atoms with Gasteiger partial charge in [0.25, 0.3) is 5.91 Å². The number of anilines is 2. The zero-order valence-electron chi connectivity index (χ0n) is 20.5. The largest absolute Gasteiger partial charge is 0.416 e. The average molecular weight is 518 g/mol. The quantitative estimate of drug-likeness (QED) is 0.374. The Labute approximate surface area is 216 Å². The van der Waals surface area contributed by atoms with Gasteiger partial charge in [0.1, 0.15) is 0 Å². The van der Waals surface area contributed by atoms with E-state index in [-0.39, 0.29) is 28.8 Å². The van der Waals surface area contributed by atoms with Crippen molar-refractivity contribution in [1.82, 2.24) is 19.5 Å². The molecule has 0 aliphatic carbocycles. The number of imidazole rings is 1. The van der Waals surface area contributed by atoms with Gasteiger partial charge in [-0.05, 0) is 49.7 Å². The molecule has 0 unspecified atom stereocenters. The predicted molar refractivity (Wildman–Crippen MR) is 135 cm³/mol. The van der Waals surface area contributed by atoms with Crippen molar-refractivity contribution in [2.24, 2.45) is 0 Å². The van der Waals surface area contributed by atoms with Crippen molar-refractivity contribution < 1.29 is 22.8 Å². The molecule has 2 aromatic carbocycles. The highest BCUT2D eigenvalue weighted by molar-refractivity contribution is 6.04. The van der Waals surface area contributed by atoms with Crippen LogP contribution in [0.15, 0.2) is 61.3 Å². The smallest absolute Gasteiger partial charge is 0.322 e. The van der Waals surface area contributed by atoms with Gasteiger partial charge in [0.15, 0.2) is 0 Å². The highest BCUT2D eigenvalue weighted by Gasteiger charge is 2.31. The first-order valence-corrected chi connectivity index (χ1v) is 11.2. The first-order valence-electron chi connectivity index (χ1n) is 11.2. The van der Waals surface area contributed by atoms with Crippen LogP contribution in [-0.2, 0) is 11.0 Å². The number of carbonyl (C=O) groups is 2. The number of halogens is 3. The maximum atomic E-state index is 13.5. The van der Waals surface area contributed by atoms with Crippen LogP contribution in [0, 0.1) is 25.7 Å². The van der Waals surface area contributed by atoms with E-state index in [0.29, 0.717) is 16.8 Å². The molecular formula is C27H21F3N6O2. The monoisotopic (exact) mass is 518 g/mol. The number of nitrogens with zero attached hydrogens (tertiary/aromatic N) is 4. The Morgan fingerprint density at radius 2 is 1.68 bits per heavy atom. The number of aryl methyl sites for hydroxylation is 2. The normalized spacial score (nSPS) is 10.9. The molecule has 38 heavy (non-hydrogen) atoms. The number of nitrogens with one attached hydrogen (secondary N) is 2. The number of aromatic nitrogens is 4. The molecule has 0 atom stereocenters. The van der Waals surface area contributed by atoms with E-state index in [1.165, 1.54) is 36.3 Å². The summed E-state index contributed by atoms with van der Waals surface area (Å²) < 4.78 is 42.1. The molecule has 2 amide bonds. The van der Waals surface area contributed by atoms with Gasteiger partial charge in [-0.15, -0.1) is 0 Å². The zero-order chi connectivity index (χ0) is 27.4. The molecule has 2 aromatic heterocycles. The molecule has 2 N–H and O–H groups in total. The van der Waals surface area contributed by atoms with E-state index in [9.17, 15) is 22.8 Å². The second-order valence-corrected chi connectivity index (χ2v) is 8.40. The van der Waals surface area contributed by atoms with Gasteiger partial charge in [0.05, 0.1) is 23.1 Å². The van der Waals surface area contributed by atoms with Crippen molar-refractivity contribution in [3.63, 3.8) is 0 Å². The number of rotatable bonds is 4. The molecule has 0 spiro atoms. The maximum absolute atomic E-state index is 13.5. The predicted octanol–water partition coefficient (Wildman–Crippen LogP) is 4.91. The Kier molecular flexibility index (Phi) is 7.25. The van der Waals surface area contributed by atoms with Gasteiger partial charge in [-0.2, -0.15) is 13.2 Å². The molecule has 0 aliphatic rings. The second-order valence-electron chi connectivity index (χ2n) is 8.40. The Hall–Kier alpha value is -4.98. The lowest BCUT2D eigenvalue weighted by Crippen LogP contribution is -2.14. The van der Waals surface area contributed by atoms with Crippen LogP contribution in [0.4, 0.5) is 24.8 Å². The molecular weight excluding hydrogens is 497 g/mol. The van der Waals surface area contributed by atoms with E-state index in [4.69, 9.17) is 0 Å². The van der Waals surface area contributed by atoms with Crippen molar-refractivity contribution in [2.45, 2.75) is 26.9 Å². The van der Waals surface area contributed by atoms with E-state index in [2.05, 4.69) is 37.4 Å². The fraction of sp³-hybridized carbons (Fsp3) is 0.148. The highest BCUT2D eigenvalue weighted by Crippen LogP contribution is 2.33. The summed E-state index contributed by atoms with van der Waals surface area (Å²) >= 11 is 0. The van der Waals surface area contributed by atoms with Gasteiger partial charge >= 0.3 is 6.18 Å². The van der Waals surface area contributed by atoms with Crippen molar-refractivity contribution in [3.8, 4) is 17.5 Å². The number of hydrogen-bond donors (Lipinski definition) is 2. The maximum Gasteiger partial charge on any atom is 0.416 e. The van der Waals surface area contributed by atoms with Crippen LogP contribution in [0.25, 0.3) is 5.69 Å². The Morgan fingerprint density at radius 1 is 0.947 bits per heavy atom. The number of carbonyl (C=O) groups excluding carboxylic acids is 2. The van der Waals surface area contributed by atoms with Crippen LogP contribution in [0.3, 0.4) is 0 Å². The summed E-state index contributed by atoms with van der Waals surface area (Å²) in [5.74, 6) is 5.11. The third-order valence-corrected chi connectivity index (χ3v) is 5.29. The molecule has 11 heteroatoms. The molecule has 0 saturated heterocycles. The molecule has 4 aromatic rings. The van der Waals surface area contributed by atoms with Gasteiger partial charge < -0.3 is 9.88 Å². The van der Waals surface area contributed by atoms with Crippen LogP contribution < -0.4 is 10.6 Å². The minimum absolute atomic E-state index is 0.0178. The van der Waals surface area contributed by atoms with Crippen molar-refractivity contribution >= 4 is 23.5 Å². The van der Waals surface area contributed by atoms with Crippen LogP contribution in [0.5, 0.6) is 0 Å². The van der Waals surface area contributed by atoms with Crippen LogP contribution in [0.2, 0.25) is 0 Å². The van der Waals surface area contributed by atoms with E-state index in [0.717, 1.165) is 17.7 Å². The number of benzene rings is 2. The molecule has 0 saturated carbocycles. The van der Waals surface area contributed by atoms with Crippen molar-refractivity contribution in [2.75, 3.05) is 10.6 Å². The minimum atomic E-state index is -4.61. The molecule has 192 valence electrons. The summed E-state index contributed by atoms with van der Waals surface area (Å²) in [6.07, 6.45) is 1.28. The molecule has 8 nitrogen and oxygen atoms in total. The van der Waals surface area contributed by atoms with Gasteiger partial charge in [0.2, 0.25) is 11.9 Å². The Balaban J connectivity index is 1.59. The molecule has 0 aliphatic heterocycles. The van der Waals surface area contributed by atoms with Crippen LogP contribution in [-0.4, -0.2) is 31.3 Å². The van der Waals surface area contributed by atoms with Crippen LogP contribution in [0.1, 0.15) is 45.2 Å². The summed E-state index contributed by atoms with van der Waals surface area (Å²) in [5, 5.41) is 5.01. The van der Waals surface area contributed by atoms with E-state index in [1.807, 2.05) is 6.92 Å². The zero-order valence-corrected chi connectivity index (χ0v) is 20.5. The summed E-state index contributed by atoms with van der Waals surface area (Å²) in [6, 6.07) is 8.12. The lowest BCUT2D eigenvalue weighted by molar-refractivity contribution is -0.137. The fourth-order valence-electron chi connectivity index (χ4n) is 3.41. The number of amides is 2. The lowest BCUT2D eigenvalue weighted by Gasteiger charge is -2.14. The Morgan fingerprint density at radius 3 is 2.32 bits per heavy atom. The third-order valence-electron chi connectivity index (χ3n) is 5.29. The van der Waals surface area contributed by atoms with Crippen molar-refractivity contribution in [1.29, 1.82) is 0 Å². The molecule has 4 rings (SSSR count). The first kappa shape index (κ1) is 26.1. The topological polar surface area (TPSA) is 102 Å². The summed E-state index contributed by atoms with van der Waals surface area (Å²) in [7, 11) is 0. The average Bonchev–Trinajstić information content (AvgIpc) is 3.29.